The summed E-state index contributed by atoms with van der Waals surface area (Å²) in [4.78, 5) is 15.4. The Balaban J connectivity index is 1.47. The van der Waals surface area contributed by atoms with Gasteiger partial charge in [-0.1, -0.05) is 20.8 Å². The van der Waals surface area contributed by atoms with Crippen LogP contribution in [0.2, 0.25) is 0 Å². The number of sulfonamides is 1. The lowest BCUT2D eigenvalue weighted by Gasteiger charge is -2.38. The standard InChI is InChI=1S/C27H36N2O6S/c1-25(2,3)23(31)21-6-7-22(35-21)24(32)29-17-27(12-10-26(8-9-26)11-13-27)19-16-18(4-5-20(19)29)28-36(33,34)15-14-30/h4-7,16,23,28,30-31H,8-15,17H2,1-3H3. The predicted octanol–water partition coefficient (Wildman–Crippen LogP) is 4.35. The minimum Gasteiger partial charge on any atom is -0.453 e. The highest BCUT2D eigenvalue weighted by Crippen LogP contribution is 2.62. The molecule has 1 amide bonds. The van der Waals surface area contributed by atoms with E-state index < -0.39 is 28.1 Å². The van der Waals surface area contributed by atoms with Crippen molar-refractivity contribution in [3.8, 4) is 0 Å². The Bertz CT molecular complexity index is 1260. The fourth-order valence-corrected chi connectivity index (χ4v) is 6.63. The van der Waals surface area contributed by atoms with Gasteiger partial charge in [0.2, 0.25) is 10.0 Å². The summed E-state index contributed by atoms with van der Waals surface area (Å²) >= 11 is 0. The maximum atomic E-state index is 13.7. The van der Waals surface area contributed by atoms with Crippen LogP contribution in [0.25, 0.3) is 0 Å². The Labute approximate surface area is 212 Å². The molecule has 1 unspecified atom stereocenters. The molecule has 36 heavy (non-hydrogen) atoms. The molecule has 0 radical (unpaired) electrons. The Hall–Kier alpha value is -2.36. The molecule has 5 rings (SSSR count). The fraction of sp³-hybridized carbons (Fsp3) is 0.593. The number of hydrogen-bond acceptors (Lipinski definition) is 6. The monoisotopic (exact) mass is 516 g/mol. The lowest BCUT2D eigenvalue weighted by Crippen LogP contribution is -2.39. The van der Waals surface area contributed by atoms with E-state index in [-0.39, 0.29) is 22.8 Å². The van der Waals surface area contributed by atoms with Gasteiger partial charge in [0.1, 0.15) is 11.9 Å². The topological polar surface area (TPSA) is 120 Å². The van der Waals surface area contributed by atoms with E-state index in [2.05, 4.69) is 4.72 Å². The maximum absolute atomic E-state index is 13.7. The molecule has 1 aliphatic heterocycles. The first-order valence-electron chi connectivity index (χ1n) is 12.7. The van der Waals surface area contributed by atoms with Gasteiger partial charge in [0.15, 0.2) is 5.76 Å². The molecular formula is C27H36N2O6S. The predicted molar refractivity (Wildman–Crippen MR) is 138 cm³/mol. The zero-order valence-electron chi connectivity index (χ0n) is 21.2. The molecule has 3 aliphatic rings. The lowest BCUT2D eigenvalue weighted by molar-refractivity contribution is 0.0422. The molecule has 1 atom stereocenters. The quantitative estimate of drug-likeness (QED) is 0.525. The zero-order chi connectivity index (χ0) is 25.9. The fourth-order valence-electron chi connectivity index (χ4n) is 5.80. The van der Waals surface area contributed by atoms with Crippen LogP contribution < -0.4 is 9.62 Å². The van der Waals surface area contributed by atoms with Gasteiger partial charge in [-0.25, -0.2) is 8.42 Å². The van der Waals surface area contributed by atoms with E-state index in [0.717, 1.165) is 36.9 Å². The van der Waals surface area contributed by atoms with Gasteiger partial charge in [0, 0.05) is 23.3 Å². The van der Waals surface area contributed by atoms with Crippen molar-refractivity contribution in [2.75, 3.05) is 28.5 Å². The third-order valence-corrected chi connectivity index (χ3v) is 9.62. The van der Waals surface area contributed by atoms with Crippen molar-refractivity contribution >= 4 is 27.3 Å². The van der Waals surface area contributed by atoms with Crippen LogP contribution in [0, 0.1) is 10.8 Å². The summed E-state index contributed by atoms with van der Waals surface area (Å²) in [5, 5.41) is 19.7. The van der Waals surface area contributed by atoms with Crippen molar-refractivity contribution in [1.29, 1.82) is 0 Å². The molecule has 2 fully saturated rings. The molecule has 2 heterocycles. The third kappa shape index (κ3) is 4.57. The van der Waals surface area contributed by atoms with E-state index in [1.54, 1.807) is 29.2 Å². The third-order valence-electron chi connectivity index (χ3n) is 8.35. The molecule has 2 saturated carbocycles. The number of aliphatic hydroxyl groups excluding tert-OH is 2. The highest BCUT2D eigenvalue weighted by Gasteiger charge is 2.54. The summed E-state index contributed by atoms with van der Waals surface area (Å²) in [5.41, 5.74) is 1.99. The highest BCUT2D eigenvalue weighted by molar-refractivity contribution is 7.92. The molecule has 1 aromatic carbocycles. The van der Waals surface area contributed by atoms with Gasteiger partial charge in [-0.3, -0.25) is 9.52 Å². The van der Waals surface area contributed by atoms with E-state index in [0.29, 0.717) is 23.4 Å². The minimum absolute atomic E-state index is 0.179. The molecule has 2 aliphatic carbocycles. The van der Waals surface area contributed by atoms with Crippen LogP contribution in [-0.4, -0.2) is 43.4 Å². The summed E-state index contributed by atoms with van der Waals surface area (Å²) in [7, 11) is -3.66. The van der Waals surface area contributed by atoms with Gasteiger partial charge in [0.05, 0.1) is 12.4 Å². The van der Waals surface area contributed by atoms with Gasteiger partial charge in [0.25, 0.3) is 5.91 Å². The molecule has 1 aromatic heterocycles. The summed E-state index contributed by atoms with van der Waals surface area (Å²) in [6.45, 7) is 5.78. The maximum Gasteiger partial charge on any atom is 0.294 e. The van der Waals surface area contributed by atoms with Crippen molar-refractivity contribution in [2.45, 2.75) is 70.8 Å². The van der Waals surface area contributed by atoms with Crippen LogP contribution in [0.4, 0.5) is 11.4 Å². The molecule has 2 spiro atoms. The SMILES string of the molecule is CC(C)(C)C(O)c1ccc(C(=O)N2CC3(CCC4(CC4)CC3)c3cc(NS(=O)(=O)CCO)ccc32)o1. The van der Waals surface area contributed by atoms with Crippen molar-refractivity contribution in [2.24, 2.45) is 10.8 Å². The molecule has 3 N–H and O–H groups in total. The van der Waals surface area contributed by atoms with Crippen LogP contribution in [0.15, 0.2) is 34.7 Å². The van der Waals surface area contributed by atoms with Crippen molar-refractivity contribution in [3.63, 3.8) is 0 Å². The van der Waals surface area contributed by atoms with E-state index in [4.69, 9.17) is 9.52 Å². The molecule has 196 valence electrons. The Kier molecular flexibility index (Phi) is 6.04. The zero-order valence-corrected chi connectivity index (χ0v) is 22.0. The molecule has 0 saturated heterocycles. The number of furan rings is 1. The van der Waals surface area contributed by atoms with Gasteiger partial charge in [-0.15, -0.1) is 0 Å². The molecular weight excluding hydrogens is 480 g/mol. The first kappa shape index (κ1) is 25.3. The van der Waals surface area contributed by atoms with Crippen LogP contribution in [0.5, 0.6) is 0 Å². The lowest BCUT2D eigenvalue weighted by atomic mass is 9.66. The average Bonchev–Trinajstić information content (AvgIpc) is 3.26. The van der Waals surface area contributed by atoms with Crippen LogP contribution in [0.1, 0.15) is 87.3 Å². The second-order valence-electron chi connectivity index (χ2n) is 12.0. The largest absolute Gasteiger partial charge is 0.453 e. The first-order valence-corrected chi connectivity index (χ1v) is 14.4. The Morgan fingerprint density at radius 1 is 1.11 bits per heavy atom. The number of benzene rings is 1. The van der Waals surface area contributed by atoms with Gasteiger partial charge >= 0.3 is 0 Å². The van der Waals surface area contributed by atoms with Crippen LogP contribution >= 0.6 is 0 Å². The summed E-state index contributed by atoms with van der Waals surface area (Å²) in [5.74, 6) is -0.0925. The molecule has 9 heteroatoms. The number of fused-ring (bicyclic) bond motifs is 2. The Morgan fingerprint density at radius 3 is 2.39 bits per heavy atom. The summed E-state index contributed by atoms with van der Waals surface area (Å²) < 4.78 is 33.0. The normalized spacial score (nSPS) is 21.0. The number of hydrogen-bond donors (Lipinski definition) is 3. The highest BCUT2D eigenvalue weighted by atomic mass is 32.2. The Morgan fingerprint density at radius 2 is 1.78 bits per heavy atom. The van der Waals surface area contributed by atoms with Gasteiger partial charge < -0.3 is 19.5 Å². The second-order valence-corrected chi connectivity index (χ2v) is 13.9. The molecule has 8 nitrogen and oxygen atoms in total. The van der Waals surface area contributed by atoms with Crippen molar-refractivity contribution in [1.82, 2.24) is 0 Å². The van der Waals surface area contributed by atoms with Gasteiger partial charge in [-0.2, -0.15) is 0 Å². The summed E-state index contributed by atoms with van der Waals surface area (Å²) in [6, 6.07) is 8.60. The number of rotatable bonds is 6. The number of anilines is 2. The van der Waals surface area contributed by atoms with Crippen molar-refractivity contribution < 1.29 is 27.8 Å². The smallest absolute Gasteiger partial charge is 0.294 e. The number of carbonyl (C=O) groups is 1. The second kappa shape index (κ2) is 8.60. The number of amides is 1. The number of carbonyl (C=O) groups excluding carboxylic acids is 1. The van der Waals surface area contributed by atoms with Crippen LogP contribution in [-0.2, 0) is 15.4 Å². The van der Waals surface area contributed by atoms with E-state index >= 15 is 0 Å². The van der Waals surface area contributed by atoms with E-state index in [9.17, 15) is 18.3 Å². The van der Waals surface area contributed by atoms with E-state index in [1.165, 1.54) is 12.8 Å². The summed E-state index contributed by atoms with van der Waals surface area (Å²) in [6.07, 6.45) is 5.81. The van der Waals surface area contributed by atoms with Crippen molar-refractivity contribution in [3.05, 3.63) is 47.4 Å². The number of nitrogens with one attached hydrogen (secondary N) is 1. The number of aliphatic hydroxyl groups is 2. The molecule has 2 aromatic rings. The van der Waals surface area contributed by atoms with E-state index in [1.807, 2.05) is 26.8 Å². The van der Waals surface area contributed by atoms with Gasteiger partial charge in [-0.05, 0) is 85.3 Å². The molecule has 0 bridgehead atoms. The number of nitrogens with zero attached hydrogens (tertiary/aromatic N) is 1. The minimum atomic E-state index is -3.66. The average molecular weight is 517 g/mol. The first-order chi connectivity index (χ1) is 16.9. The van der Waals surface area contributed by atoms with Crippen LogP contribution in [0.3, 0.4) is 0 Å².